The highest BCUT2D eigenvalue weighted by atomic mass is 16.4. The number of carbonyl (C=O) groups excluding carboxylic acids is 1. The van der Waals surface area contributed by atoms with Gasteiger partial charge in [-0.1, -0.05) is 26.7 Å². The van der Waals surface area contributed by atoms with Crippen molar-refractivity contribution in [1.29, 1.82) is 0 Å². The summed E-state index contributed by atoms with van der Waals surface area (Å²) in [5.41, 5.74) is 0. The van der Waals surface area contributed by atoms with Gasteiger partial charge in [-0.05, 0) is 38.0 Å². The van der Waals surface area contributed by atoms with E-state index in [1.807, 2.05) is 0 Å². The fourth-order valence-corrected chi connectivity index (χ4v) is 2.73. The Balaban J connectivity index is 2.28. The van der Waals surface area contributed by atoms with Crippen molar-refractivity contribution in [1.82, 2.24) is 10.6 Å². The first-order chi connectivity index (χ1) is 9.06. The molecular formula is C14H26N2O3. The van der Waals surface area contributed by atoms with E-state index in [9.17, 15) is 9.59 Å². The van der Waals surface area contributed by atoms with Crippen LogP contribution in [-0.4, -0.2) is 29.2 Å². The fraction of sp³-hybridized carbons (Fsp3) is 0.857. The van der Waals surface area contributed by atoms with Crippen LogP contribution >= 0.6 is 0 Å². The Bertz CT molecular complexity index is 299. The van der Waals surface area contributed by atoms with Crippen LogP contribution in [0.1, 0.15) is 58.8 Å². The van der Waals surface area contributed by atoms with Gasteiger partial charge in [-0.25, -0.2) is 9.59 Å². The van der Waals surface area contributed by atoms with Gasteiger partial charge in [0.15, 0.2) is 0 Å². The van der Waals surface area contributed by atoms with Crippen molar-refractivity contribution >= 4 is 12.0 Å². The number of hydrogen-bond donors (Lipinski definition) is 3. The number of amides is 2. The van der Waals surface area contributed by atoms with Crippen molar-refractivity contribution < 1.29 is 14.7 Å². The first-order valence-corrected chi connectivity index (χ1v) is 7.36. The second kappa shape index (κ2) is 8.02. The molecule has 1 fully saturated rings. The number of urea groups is 1. The van der Waals surface area contributed by atoms with Crippen molar-refractivity contribution in [3.63, 3.8) is 0 Å². The van der Waals surface area contributed by atoms with E-state index in [1.54, 1.807) is 6.92 Å². The smallest absolute Gasteiger partial charge is 0.326 e. The van der Waals surface area contributed by atoms with Crippen molar-refractivity contribution in [3.05, 3.63) is 0 Å². The molecule has 1 aliphatic carbocycles. The van der Waals surface area contributed by atoms with Gasteiger partial charge < -0.3 is 15.7 Å². The molecule has 19 heavy (non-hydrogen) atoms. The predicted octanol–water partition coefficient (Wildman–Crippen LogP) is 2.51. The average molecular weight is 270 g/mol. The number of carboxylic acids is 1. The quantitative estimate of drug-likeness (QED) is 0.694. The van der Waals surface area contributed by atoms with Crippen LogP contribution in [0.3, 0.4) is 0 Å². The normalized spacial score (nSPS) is 24.5. The minimum atomic E-state index is -0.982. The first kappa shape index (κ1) is 15.8. The van der Waals surface area contributed by atoms with Gasteiger partial charge >= 0.3 is 12.0 Å². The Hall–Kier alpha value is -1.26. The Kier molecular flexibility index (Phi) is 6.67. The van der Waals surface area contributed by atoms with Crippen LogP contribution in [0.5, 0.6) is 0 Å². The summed E-state index contributed by atoms with van der Waals surface area (Å²) in [6.45, 7) is 3.95. The van der Waals surface area contributed by atoms with E-state index in [0.29, 0.717) is 6.42 Å². The lowest BCUT2D eigenvalue weighted by molar-refractivity contribution is -0.139. The molecule has 0 aliphatic heterocycles. The Morgan fingerprint density at radius 2 is 1.84 bits per heavy atom. The van der Waals surface area contributed by atoms with Gasteiger partial charge in [-0.2, -0.15) is 0 Å². The van der Waals surface area contributed by atoms with E-state index < -0.39 is 12.0 Å². The molecule has 1 aliphatic rings. The summed E-state index contributed by atoms with van der Waals surface area (Å²) in [5, 5.41) is 14.3. The summed E-state index contributed by atoms with van der Waals surface area (Å²) in [6, 6.07) is -0.955. The number of rotatable bonds is 6. The van der Waals surface area contributed by atoms with Gasteiger partial charge in [0.25, 0.3) is 0 Å². The molecular weight excluding hydrogens is 244 g/mol. The largest absolute Gasteiger partial charge is 0.480 e. The van der Waals surface area contributed by atoms with Crippen LogP contribution in [0.25, 0.3) is 0 Å². The minimum Gasteiger partial charge on any atom is -0.480 e. The third kappa shape index (κ3) is 5.49. The molecule has 5 nitrogen and oxygen atoms in total. The molecule has 0 radical (unpaired) electrons. The maximum Gasteiger partial charge on any atom is 0.326 e. The molecule has 0 spiro atoms. The highest BCUT2D eigenvalue weighted by Crippen LogP contribution is 2.27. The molecule has 5 heteroatoms. The van der Waals surface area contributed by atoms with Crippen molar-refractivity contribution in [2.45, 2.75) is 70.9 Å². The minimum absolute atomic E-state index is 0.194. The monoisotopic (exact) mass is 270 g/mol. The zero-order valence-corrected chi connectivity index (χ0v) is 11.9. The third-order valence-corrected chi connectivity index (χ3v) is 3.89. The van der Waals surface area contributed by atoms with E-state index in [2.05, 4.69) is 17.6 Å². The number of hydrogen-bond acceptors (Lipinski definition) is 2. The van der Waals surface area contributed by atoms with Crippen molar-refractivity contribution in [3.8, 4) is 0 Å². The fourth-order valence-electron chi connectivity index (χ4n) is 2.73. The Morgan fingerprint density at radius 3 is 2.32 bits per heavy atom. The standard InChI is InChI=1S/C14H26N2O3/c1-3-5-10-6-8-11(9-7-10)15-14(19)16-12(4-2)13(17)18/h10-12H,3-9H2,1-2H3,(H,17,18)(H2,15,16,19)/t10?,11?,12-/m0/s1. The number of aliphatic carboxylic acids is 1. The molecule has 3 N–H and O–H groups in total. The van der Waals surface area contributed by atoms with Crippen molar-refractivity contribution in [2.75, 3.05) is 0 Å². The van der Waals surface area contributed by atoms with Gasteiger partial charge in [0.05, 0.1) is 0 Å². The second-order valence-electron chi connectivity index (χ2n) is 5.42. The average Bonchev–Trinajstić information content (AvgIpc) is 2.38. The van der Waals surface area contributed by atoms with E-state index in [4.69, 9.17) is 5.11 Å². The lowest BCUT2D eigenvalue weighted by Crippen LogP contribution is -2.49. The predicted molar refractivity (Wildman–Crippen MR) is 74.0 cm³/mol. The van der Waals surface area contributed by atoms with Gasteiger partial charge in [0.1, 0.15) is 6.04 Å². The van der Waals surface area contributed by atoms with E-state index in [1.165, 1.54) is 12.8 Å². The summed E-state index contributed by atoms with van der Waals surface area (Å²) in [6.07, 6.45) is 7.22. The molecule has 1 atom stereocenters. The summed E-state index contributed by atoms with van der Waals surface area (Å²) in [4.78, 5) is 22.5. The SMILES string of the molecule is CCCC1CCC(NC(=O)N[C@@H](CC)C(=O)O)CC1. The molecule has 0 aromatic rings. The summed E-state index contributed by atoms with van der Waals surface area (Å²) in [7, 11) is 0. The zero-order valence-electron chi connectivity index (χ0n) is 11.9. The lowest BCUT2D eigenvalue weighted by atomic mass is 9.83. The Morgan fingerprint density at radius 1 is 1.21 bits per heavy atom. The summed E-state index contributed by atoms with van der Waals surface area (Å²) < 4.78 is 0. The number of carbonyl (C=O) groups is 2. The topological polar surface area (TPSA) is 78.4 Å². The molecule has 110 valence electrons. The molecule has 0 heterocycles. The van der Waals surface area contributed by atoms with Crippen molar-refractivity contribution in [2.24, 2.45) is 5.92 Å². The molecule has 2 amide bonds. The maximum absolute atomic E-state index is 11.7. The van der Waals surface area contributed by atoms with Crippen LogP contribution < -0.4 is 10.6 Å². The van der Waals surface area contributed by atoms with Crippen LogP contribution in [0, 0.1) is 5.92 Å². The second-order valence-corrected chi connectivity index (χ2v) is 5.42. The lowest BCUT2D eigenvalue weighted by Gasteiger charge is -2.29. The van der Waals surface area contributed by atoms with Gasteiger partial charge in [-0.3, -0.25) is 0 Å². The molecule has 1 rings (SSSR count). The molecule has 0 saturated heterocycles. The molecule has 0 aromatic carbocycles. The molecule has 1 saturated carbocycles. The third-order valence-electron chi connectivity index (χ3n) is 3.89. The van der Waals surface area contributed by atoms with Crippen LogP contribution in [-0.2, 0) is 4.79 Å². The first-order valence-electron chi connectivity index (χ1n) is 7.36. The Labute approximate surface area is 115 Å². The molecule has 0 aromatic heterocycles. The van der Waals surface area contributed by atoms with E-state index in [-0.39, 0.29) is 12.1 Å². The van der Waals surface area contributed by atoms with Gasteiger partial charge in [0, 0.05) is 6.04 Å². The van der Waals surface area contributed by atoms with Crippen LogP contribution in [0.4, 0.5) is 4.79 Å². The number of nitrogens with one attached hydrogen (secondary N) is 2. The molecule has 0 bridgehead atoms. The van der Waals surface area contributed by atoms with Crippen LogP contribution in [0.2, 0.25) is 0 Å². The highest BCUT2D eigenvalue weighted by molar-refractivity contribution is 5.82. The van der Waals surface area contributed by atoms with E-state index >= 15 is 0 Å². The van der Waals surface area contributed by atoms with Gasteiger partial charge in [-0.15, -0.1) is 0 Å². The highest BCUT2D eigenvalue weighted by Gasteiger charge is 2.23. The van der Waals surface area contributed by atoms with Crippen LogP contribution in [0.15, 0.2) is 0 Å². The zero-order chi connectivity index (χ0) is 14.3. The van der Waals surface area contributed by atoms with Gasteiger partial charge in [0.2, 0.25) is 0 Å². The van der Waals surface area contributed by atoms with E-state index in [0.717, 1.165) is 31.6 Å². The summed E-state index contributed by atoms with van der Waals surface area (Å²) >= 11 is 0. The number of carboxylic acid groups (broad SMARTS) is 1. The maximum atomic E-state index is 11.7. The molecule has 0 unspecified atom stereocenters. The summed E-state index contributed by atoms with van der Waals surface area (Å²) in [5.74, 6) is -0.183.